The zero-order valence-electron chi connectivity index (χ0n) is 68.7. The molecule has 25 heteroatoms. The van der Waals surface area contributed by atoms with Crippen molar-refractivity contribution in [3.63, 3.8) is 0 Å². The lowest BCUT2D eigenvalue weighted by Gasteiger charge is -2.23. The summed E-state index contributed by atoms with van der Waals surface area (Å²) in [4.78, 5) is 103. The Balaban J connectivity index is 0.447. The Morgan fingerprint density at radius 3 is 1.04 bits per heavy atom. The molecule has 0 aromatic carbocycles. The van der Waals surface area contributed by atoms with Crippen LogP contribution >= 0.6 is 0 Å². The molecule has 0 bridgehead atoms. The molecule has 114 heavy (non-hydrogen) atoms. The number of hydrogen-bond acceptors (Lipinski definition) is 22. The van der Waals surface area contributed by atoms with E-state index in [1.807, 2.05) is 0 Å². The second-order valence-corrected chi connectivity index (χ2v) is 35.6. The van der Waals surface area contributed by atoms with E-state index in [9.17, 15) is 38.4 Å². The zero-order chi connectivity index (χ0) is 80.2. The lowest BCUT2D eigenvalue weighted by molar-refractivity contribution is -0.145. The lowest BCUT2D eigenvalue weighted by Crippen LogP contribution is -2.34. The Morgan fingerprint density at radius 1 is 0.386 bits per heavy atom. The van der Waals surface area contributed by atoms with E-state index in [0.29, 0.717) is 82.4 Å². The van der Waals surface area contributed by atoms with Crippen LogP contribution in [0, 0.1) is 35.5 Å². The maximum atomic E-state index is 13.5. The highest BCUT2D eigenvalue weighted by molar-refractivity contribution is 5.91. The second kappa shape index (κ2) is 41.2. The third kappa shape index (κ3) is 24.1. The van der Waals surface area contributed by atoms with Crippen molar-refractivity contribution >= 4 is 48.1 Å². The highest BCUT2D eigenvalue weighted by Crippen LogP contribution is 2.54. The second-order valence-electron chi connectivity index (χ2n) is 35.6. The summed E-state index contributed by atoms with van der Waals surface area (Å²) < 4.78 is 70.9. The predicted molar refractivity (Wildman–Crippen MR) is 425 cm³/mol. The molecule has 1 unspecified atom stereocenters. The maximum Gasteiger partial charge on any atom is 0.407 e. The Labute approximate surface area is 675 Å². The minimum absolute atomic E-state index is 0.00187. The number of allylic oxidation sites excluding steroid dienone is 4. The van der Waals surface area contributed by atoms with E-state index in [-0.39, 0.29) is 163 Å². The van der Waals surface area contributed by atoms with Gasteiger partial charge in [0.15, 0.2) is 0 Å². The van der Waals surface area contributed by atoms with Gasteiger partial charge in [0.1, 0.15) is 75.3 Å². The minimum atomic E-state index is -0.431. The molecule has 12 aliphatic rings. The summed E-state index contributed by atoms with van der Waals surface area (Å²) in [6.07, 6.45) is 37.1. The van der Waals surface area contributed by atoms with E-state index in [2.05, 4.69) is 91.7 Å². The molecule has 0 aromatic heterocycles. The summed E-state index contributed by atoms with van der Waals surface area (Å²) in [7, 11) is 0. The van der Waals surface area contributed by atoms with Crippen molar-refractivity contribution in [1.29, 1.82) is 0 Å². The molecule has 0 spiro atoms. The van der Waals surface area contributed by atoms with Crippen molar-refractivity contribution in [3.05, 3.63) is 70.9 Å². The fourth-order valence-corrected chi connectivity index (χ4v) is 19.1. The molecule has 4 aliphatic carbocycles. The average molecular weight is 1590 g/mol. The standard InChI is InChI=1S/C89H133N5O20/c1-58-64-39-35-61(31-27-43-86(3)75(111-86)71(64)107-79(58)96)55-104-83(100)93-50-24-18-12-10-15-21-47-90-52-68-66-41-37-60(30-26-45-88(5)77(113-88)73(66)109-81(68)98)54-103-70(95)34-20-14-8-7-9-17-23-49-92-85(102)106-57-63-33-29-46-89(6)78(114-89)74-67(42-38-63)69(82(99)110-74)53-91-48-22-16-11-13-19-25-51-94-84(101)105-56-62-32-28-44-87(4)76(112-87)72-65(40-36-62)59(2)80(97)108-72/h30-33,64-69,71-78,90-91H,1-2,7-29,34-57H2,3-6H3,(H,92,102)(H,93,100)(H,94,101)/b60-30+,61-31+,62-32+,63-33+/t64-,65-,66-,67-,68?,69-,71-,72-,73-,74-,75-,76-,77-,78-,86+,87+,88+,89+/m0/s1. The van der Waals surface area contributed by atoms with Crippen molar-refractivity contribution in [2.75, 3.05) is 72.2 Å². The number of fused-ring (bicyclic) bond motifs is 12. The monoisotopic (exact) mass is 1590 g/mol. The van der Waals surface area contributed by atoms with Crippen LogP contribution in [0.5, 0.6) is 0 Å². The fraction of sp³-hybridized carbons (Fsp3) is 0.775. The number of esters is 5. The van der Waals surface area contributed by atoms with Gasteiger partial charge in [-0.1, -0.05) is 121 Å². The number of ether oxygens (including phenoxy) is 12. The van der Waals surface area contributed by atoms with E-state index < -0.39 is 18.3 Å². The number of nitrogens with one attached hydrogen (secondary N) is 5. The van der Waals surface area contributed by atoms with Crippen LogP contribution in [0.4, 0.5) is 14.4 Å². The van der Waals surface area contributed by atoms with Crippen molar-refractivity contribution in [1.82, 2.24) is 26.6 Å². The Hall–Kier alpha value is -6.64. The number of amides is 3. The molecule has 8 heterocycles. The predicted octanol–water partition coefficient (Wildman–Crippen LogP) is 13.8. The van der Waals surface area contributed by atoms with Gasteiger partial charge in [0.25, 0.3) is 0 Å². The number of rotatable bonds is 40. The topological polar surface area (TPSA) is 321 Å². The fourth-order valence-electron chi connectivity index (χ4n) is 19.1. The molecule has 8 fully saturated rings. The largest absolute Gasteiger partial charge is 0.461 e. The summed E-state index contributed by atoms with van der Waals surface area (Å²) in [6, 6.07) is 0. The average Bonchev–Trinajstić information content (AvgIpc) is 1.61. The van der Waals surface area contributed by atoms with Gasteiger partial charge in [-0.05, 0) is 204 Å². The lowest BCUT2D eigenvalue weighted by atomic mass is 9.80. The van der Waals surface area contributed by atoms with Crippen molar-refractivity contribution in [3.8, 4) is 0 Å². The molecule has 18 atom stereocenters. The molecule has 8 aliphatic heterocycles. The van der Waals surface area contributed by atoms with Gasteiger partial charge in [0, 0.05) is 74.0 Å². The number of epoxide rings is 4. The molecule has 12 rings (SSSR count). The number of hydrogen-bond donors (Lipinski definition) is 5. The minimum Gasteiger partial charge on any atom is -0.461 e. The van der Waals surface area contributed by atoms with Crippen molar-refractivity contribution in [2.45, 2.75) is 330 Å². The van der Waals surface area contributed by atoms with Crippen LogP contribution in [0.1, 0.15) is 259 Å². The van der Waals surface area contributed by atoms with Gasteiger partial charge in [-0.3, -0.25) is 14.4 Å². The van der Waals surface area contributed by atoms with Crippen molar-refractivity contribution in [2.24, 2.45) is 35.5 Å². The van der Waals surface area contributed by atoms with Gasteiger partial charge in [-0.2, -0.15) is 0 Å². The number of carbonyl (C=O) groups excluding carboxylic acids is 8. The molecule has 25 nitrogen and oxygen atoms in total. The van der Waals surface area contributed by atoms with E-state index >= 15 is 0 Å². The molecular formula is C89H133N5O20. The molecular weight excluding hydrogens is 1460 g/mol. The summed E-state index contributed by atoms with van der Waals surface area (Å²) in [5, 5.41) is 15.9. The van der Waals surface area contributed by atoms with E-state index in [1.54, 1.807) is 0 Å². The first-order valence-corrected chi connectivity index (χ1v) is 44.0. The zero-order valence-corrected chi connectivity index (χ0v) is 68.7. The third-order valence-electron chi connectivity index (χ3n) is 26.8. The first-order valence-electron chi connectivity index (χ1n) is 44.0. The van der Waals surface area contributed by atoms with Crippen LogP contribution in [0.15, 0.2) is 70.9 Å². The Kier molecular flexibility index (Phi) is 31.3. The smallest absolute Gasteiger partial charge is 0.407 e. The van der Waals surface area contributed by atoms with Crippen LogP contribution in [0.2, 0.25) is 0 Å². The van der Waals surface area contributed by atoms with Crippen molar-refractivity contribution < 1.29 is 95.2 Å². The van der Waals surface area contributed by atoms with Gasteiger partial charge in [-0.25, -0.2) is 24.0 Å². The van der Waals surface area contributed by atoms with E-state index in [4.69, 9.17) is 56.8 Å². The number of alkyl carbamates (subject to hydrolysis) is 3. The van der Waals surface area contributed by atoms with Gasteiger partial charge in [0.2, 0.25) is 0 Å². The summed E-state index contributed by atoms with van der Waals surface area (Å²) in [6.45, 7) is 21.5. The number of unbranched alkanes of at least 4 members (excludes halogenated alkanes) is 16. The van der Waals surface area contributed by atoms with Crippen LogP contribution in [0.25, 0.3) is 0 Å². The van der Waals surface area contributed by atoms with Crippen LogP contribution in [-0.2, 0) is 80.8 Å². The molecule has 0 radical (unpaired) electrons. The number of carbonyl (C=O) groups is 8. The normalized spacial score (nSPS) is 35.2. The van der Waals surface area contributed by atoms with Crippen LogP contribution in [-0.4, -0.2) is 192 Å². The highest BCUT2D eigenvalue weighted by atomic mass is 16.7. The Morgan fingerprint density at radius 2 is 0.684 bits per heavy atom. The molecule has 634 valence electrons. The van der Waals surface area contributed by atoms with Gasteiger partial charge < -0.3 is 83.4 Å². The van der Waals surface area contributed by atoms with E-state index in [0.717, 1.165) is 228 Å². The third-order valence-corrected chi connectivity index (χ3v) is 26.8. The summed E-state index contributed by atoms with van der Waals surface area (Å²) in [5.74, 6) is -1.97. The van der Waals surface area contributed by atoms with E-state index in [1.165, 1.54) is 0 Å². The maximum absolute atomic E-state index is 13.5. The molecule has 0 saturated carbocycles. The first-order chi connectivity index (χ1) is 55.1. The molecule has 3 amide bonds. The van der Waals surface area contributed by atoms with Gasteiger partial charge in [0.05, 0.1) is 34.2 Å². The van der Waals surface area contributed by atoms with Crippen LogP contribution in [0.3, 0.4) is 0 Å². The van der Waals surface area contributed by atoms with Gasteiger partial charge in [-0.15, -0.1) is 0 Å². The molecule has 5 N–H and O–H groups in total. The SMILES string of the molecule is C=C1C(=O)O[C@H]2[C@H]1CC/C(COC(=O)NCCCCCCCCNCC1C(=O)O[C@H]3[C@H]1CC/C(COC(=O)CCCCCCCCCNC(=O)OC/C1=C/CC[C@@]4(C)O[C@H]4[C@H]4OC(=O)[C@@H](CNCCCCCCCCNC(=O)OC/C5=C/CC[C@@]6(C)O[C@H]6[C@H]6OC(=O)C(=C)[C@@H]6CC5)[C@@H]4CC1)=C\CC[C@@]1(C)O[C@@H]31)=C\CC[C@@]1(C)O[C@@H]21. The summed E-state index contributed by atoms with van der Waals surface area (Å²) >= 11 is 0. The highest BCUT2D eigenvalue weighted by Gasteiger charge is 2.66. The molecule has 8 saturated heterocycles. The Bertz CT molecular complexity index is 3280. The summed E-state index contributed by atoms with van der Waals surface area (Å²) in [5.41, 5.74) is 3.88. The van der Waals surface area contributed by atoms with Gasteiger partial charge >= 0.3 is 48.1 Å². The molecule has 0 aromatic rings. The quantitative estimate of drug-likeness (QED) is 0.00950. The first kappa shape index (κ1) is 86.7. The van der Waals surface area contributed by atoms with Crippen LogP contribution < -0.4 is 26.6 Å².